The van der Waals surface area contributed by atoms with E-state index in [0.717, 1.165) is 0 Å². The van der Waals surface area contributed by atoms with Crippen molar-refractivity contribution in [2.75, 3.05) is 13.7 Å². The van der Waals surface area contributed by atoms with Crippen LogP contribution in [0.25, 0.3) is 0 Å². The van der Waals surface area contributed by atoms with Crippen LogP contribution >= 0.6 is 0 Å². The van der Waals surface area contributed by atoms with Gasteiger partial charge in [-0.05, 0) is 6.92 Å². The Hall–Kier alpha value is -0.190. The van der Waals surface area contributed by atoms with Crippen molar-refractivity contribution >= 4 is 0 Å². The molecule has 0 saturated carbocycles. The average Bonchev–Trinajstić information content (AvgIpc) is 2.24. The minimum atomic E-state index is -1.60. The number of aliphatic hydroxyl groups excluding tert-OH is 1. The predicted octanol–water partition coefficient (Wildman–Crippen LogP) is 0.282. The van der Waals surface area contributed by atoms with Gasteiger partial charge in [0.15, 0.2) is 12.0 Å². The standard InChI is InChI=1S/C7H12FO3/c1-7(8)3-5(4-9)11-6(7)10-2/h3,5-6,9H,4H2,1-2H3/t5-,6?,7-/m1/s1. The number of rotatable bonds is 2. The third-order valence-corrected chi connectivity index (χ3v) is 1.67. The number of hydrogen-bond donors (Lipinski definition) is 1. The normalized spacial score (nSPS) is 44.7. The zero-order valence-corrected chi connectivity index (χ0v) is 6.58. The highest BCUT2D eigenvalue weighted by molar-refractivity contribution is 5.03. The van der Waals surface area contributed by atoms with Crippen LogP contribution in [0.1, 0.15) is 6.92 Å². The van der Waals surface area contributed by atoms with Crippen molar-refractivity contribution in [1.29, 1.82) is 0 Å². The molecule has 0 amide bonds. The van der Waals surface area contributed by atoms with E-state index >= 15 is 0 Å². The largest absolute Gasteiger partial charge is 0.394 e. The minimum absolute atomic E-state index is 0.209. The van der Waals surface area contributed by atoms with Crippen molar-refractivity contribution in [2.45, 2.75) is 25.0 Å². The topological polar surface area (TPSA) is 38.7 Å². The molecule has 3 nitrogen and oxygen atoms in total. The molecule has 1 heterocycles. The lowest BCUT2D eigenvalue weighted by Gasteiger charge is -2.18. The van der Waals surface area contributed by atoms with E-state index in [1.54, 1.807) is 0 Å². The van der Waals surface area contributed by atoms with Crippen molar-refractivity contribution in [1.82, 2.24) is 0 Å². The summed E-state index contributed by atoms with van der Waals surface area (Å²) in [6.07, 6.45) is -0.129. The number of hydrogen-bond acceptors (Lipinski definition) is 3. The maximum absolute atomic E-state index is 13.3. The van der Waals surface area contributed by atoms with E-state index in [4.69, 9.17) is 14.6 Å². The zero-order chi connectivity index (χ0) is 8.48. The Kier molecular flexibility index (Phi) is 2.47. The van der Waals surface area contributed by atoms with Crippen LogP contribution in [0.2, 0.25) is 0 Å². The molecule has 0 spiro atoms. The van der Waals surface area contributed by atoms with Gasteiger partial charge in [0.05, 0.1) is 12.7 Å². The average molecular weight is 163 g/mol. The smallest absolute Gasteiger partial charge is 0.191 e. The Morgan fingerprint density at radius 3 is 2.73 bits per heavy atom. The Labute approximate surface area is 65.1 Å². The van der Waals surface area contributed by atoms with Crippen LogP contribution in [0.15, 0.2) is 0 Å². The van der Waals surface area contributed by atoms with Crippen molar-refractivity contribution < 1.29 is 19.0 Å². The number of aliphatic hydroxyl groups is 1. The summed E-state index contributed by atoms with van der Waals surface area (Å²) in [5, 5.41) is 8.63. The van der Waals surface area contributed by atoms with E-state index in [9.17, 15) is 4.39 Å². The van der Waals surface area contributed by atoms with Gasteiger partial charge >= 0.3 is 0 Å². The van der Waals surface area contributed by atoms with Gasteiger partial charge in [-0.1, -0.05) is 0 Å². The summed E-state index contributed by atoms with van der Waals surface area (Å²) in [5.41, 5.74) is -1.60. The quantitative estimate of drug-likeness (QED) is 0.635. The predicted molar refractivity (Wildman–Crippen MR) is 36.6 cm³/mol. The molecule has 1 fully saturated rings. The SMILES string of the molecule is COC1O[C@@H](CO)[CH][C@@]1(C)F. The van der Waals surface area contributed by atoms with Crippen molar-refractivity contribution in [3.8, 4) is 0 Å². The second kappa shape index (κ2) is 3.05. The highest BCUT2D eigenvalue weighted by atomic mass is 19.1. The molecule has 65 valence electrons. The fraction of sp³-hybridized carbons (Fsp3) is 0.857. The lowest BCUT2D eigenvalue weighted by molar-refractivity contribution is -0.162. The first-order valence-corrected chi connectivity index (χ1v) is 3.44. The molecule has 1 unspecified atom stereocenters. The first-order valence-electron chi connectivity index (χ1n) is 3.44. The molecular weight excluding hydrogens is 151 g/mol. The molecule has 4 heteroatoms. The molecular formula is C7H12FO3. The number of ether oxygens (including phenoxy) is 2. The van der Waals surface area contributed by atoms with E-state index in [2.05, 4.69) is 0 Å². The molecule has 1 aliphatic heterocycles. The van der Waals surface area contributed by atoms with Crippen LogP contribution in [-0.4, -0.2) is 36.9 Å². The summed E-state index contributed by atoms with van der Waals surface area (Å²) in [5.74, 6) is 0. The molecule has 0 aromatic heterocycles. The summed E-state index contributed by atoms with van der Waals surface area (Å²) in [6, 6.07) is 0. The fourth-order valence-corrected chi connectivity index (χ4v) is 1.15. The van der Waals surface area contributed by atoms with E-state index in [-0.39, 0.29) is 6.61 Å². The molecule has 0 bridgehead atoms. The van der Waals surface area contributed by atoms with Crippen LogP contribution in [0, 0.1) is 6.42 Å². The second-order valence-electron chi connectivity index (χ2n) is 2.74. The van der Waals surface area contributed by atoms with Crippen LogP contribution in [0.4, 0.5) is 4.39 Å². The highest BCUT2D eigenvalue weighted by Crippen LogP contribution is 2.32. The summed E-state index contributed by atoms with van der Waals surface area (Å²) < 4.78 is 23.0. The van der Waals surface area contributed by atoms with Gasteiger partial charge in [-0.15, -0.1) is 0 Å². The lowest BCUT2D eigenvalue weighted by Crippen LogP contribution is -2.31. The molecule has 0 aromatic carbocycles. The molecule has 0 aliphatic carbocycles. The Morgan fingerprint density at radius 2 is 2.45 bits per heavy atom. The van der Waals surface area contributed by atoms with Gasteiger partial charge in [-0.25, -0.2) is 4.39 Å². The summed E-state index contributed by atoms with van der Waals surface area (Å²) in [6.45, 7) is 1.15. The van der Waals surface area contributed by atoms with Gasteiger partial charge in [0, 0.05) is 13.5 Å². The van der Waals surface area contributed by atoms with E-state index < -0.39 is 18.1 Å². The van der Waals surface area contributed by atoms with Crippen LogP contribution in [-0.2, 0) is 9.47 Å². The molecule has 1 radical (unpaired) electrons. The monoisotopic (exact) mass is 163 g/mol. The first-order chi connectivity index (χ1) is 5.10. The maximum atomic E-state index is 13.3. The Bertz CT molecular complexity index is 138. The summed E-state index contributed by atoms with van der Waals surface area (Å²) >= 11 is 0. The lowest BCUT2D eigenvalue weighted by atomic mass is 10.0. The van der Waals surface area contributed by atoms with E-state index in [1.807, 2.05) is 0 Å². The second-order valence-corrected chi connectivity index (χ2v) is 2.74. The molecule has 0 aromatic rings. The summed E-state index contributed by atoms with van der Waals surface area (Å²) in [7, 11) is 1.37. The van der Waals surface area contributed by atoms with Gasteiger partial charge in [-0.2, -0.15) is 0 Å². The van der Waals surface area contributed by atoms with Crippen molar-refractivity contribution in [3.63, 3.8) is 0 Å². The van der Waals surface area contributed by atoms with Crippen molar-refractivity contribution in [3.05, 3.63) is 6.42 Å². The molecule has 1 aliphatic rings. The van der Waals surface area contributed by atoms with Crippen LogP contribution in [0.5, 0.6) is 0 Å². The fourth-order valence-electron chi connectivity index (χ4n) is 1.15. The van der Waals surface area contributed by atoms with Crippen molar-refractivity contribution in [2.24, 2.45) is 0 Å². The van der Waals surface area contributed by atoms with Gasteiger partial charge in [0.1, 0.15) is 0 Å². The minimum Gasteiger partial charge on any atom is -0.394 e. The van der Waals surface area contributed by atoms with E-state index in [1.165, 1.54) is 20.5 Å². The molecule has 1 N–H and O–H groups in total. The van der Waals surface area contributed by atoms with Crippen LogP contribution < -0.4 is 0 Å². The van der Waals surface area contributed by atoms with Gasteiger partial charge < -0.3 is 14.6 Å². The van der Waals surface area contributed by atoms with E-state index in [0.29, 0.717) is 0 Å². The van der Waals surface area contributed by atoms with Gasteiger partial charge in [0.2, 0.25) is 0 Å². The molecule has 1 saturated heterocycles. The number of methoxy groups -OCH3 is 1. The van der Waals surface area contributed by atoms with Gasteiger partial charge in [0.25, 0.3) is 0 Å². The highest BCUT2D eigenvalue weighted by Gasteiger charge is 2.46. The van der Waals surface area contributed by atoms with Gasteiger partial charge in [-0.3, -0.25) is 0 Å². The Balaban J connectivity index is 2.55. The zero-order valence-electron chi connectivity index (χ0n) is 6.58. The maximum Gasteiger partial charge on any atom is 0.191 e. The first kappa shape index (κ1) is 8.90. The molecule has 11 heavy (non-hydrogen) atoms. The third-order valence-electron chi connectivity index (χ3n) is 1.67. The number of alkyl halides is 1. The third kappa shape index (κ3) is 1.69. The Morgan fingerprint density at radius 1 is 1.82 bits per heavy atom. The molecule has 3 atom stereocenters. The van der Waals surface area contributed by atoms with Crippen LogP contribution in [0.3, 0.4) is 0 Å². The molecule has 1 rings (SSSR count). The summed E-state index contributed by atoms with van der Waals surface area (Å²) in [4.78, 5) is 0. The number of halogens is 1.